The lowest BCUT2D eigenvalue weighted by atomic mass is 9.48. The van der Waals surface area contributed by atoms with E-state index in [-0.39, 0.29) is 5.54 Å². The van der Waals surface area contributed by atoms with E-state index in [4.69, 9.17) is 10.5 Å². The van der Waals surface area contributed by atoms with E-state index >= 15 is 0 Å². The summed E-state index contributed by atoms with van der Waals surface area (Å²) >= 11 is 0. The molecule has 0 amide bonds. The minimum Gasteiger partial charge on any atom is -0.490 e. The van der Waals surface area contributed by atoms with E-state index in [1.54, 1.807) is 0 Å². The number of hydrogen-bond acceptors (Lipinski definition) is 2. The summed E-state index contributed by atoms with van der Waals surface area (Å²) in [5, 5.41) is 0. The van der Waals surface area contributed by atoms with Crippen molar-refractivity contribution in [2.75, 3.05) is 0 Å². The molecule has 0 aromatic heterocycles. The largest absolute Gasteiger partial charge is 0.490 e. The van der Waals surface area contributed by atoms with Crippen LogP contribution in [0, 0.1) is 23.2 Å². The van der Waals surface area contributed by atoms with Gasteiger partial charge in [0.05, 0.1) is 0 Å². The fourth-order valence-corrected chi connectivity index (χ4v) is 6.26. The molecule has 1 aromatic rings. The van der Waals surface area contributed by atoms with E-state index < -0.39 is 0 Å². The third-order valence-corrected chi connectivity index (χ3v) is 6.82. The summed E-state index contributed by atoms with van der Waals surface area (Å²) < 4.78 is 6.51. The Labute approximate surface area is 147 Å². The summed E-state index contributed by atoms with van der Waals surface area (Å²) in [6.07, 6.45) is 9.89. The molecule has 4 bridgehead atoms. The quantitative estimate of drug-likeness (QED) is 0.830. The average molecular weight is 328 g/mol. The molecule has 2 N–H and O–H groups in total. The fourth-order valence-electron chi connectivity index (χ4n) is 6.26. The lowest BCUT2D eigenvalue weighted by Crippen LogP contribution is -2.52. The first-order valence-corrected chi connectivity index (χ1v) is 9.86. The number of hydrogen-bond donors (Lipinski definition) is 1. The molecule has 4 fully saturated rings. The molecule has 5 rings (SSSR count). The van der Waals surface area contributed by atoms with Crippen LogP contribution in [0.3, 0.4) is 0 Å². The molecule has 2 heteroatoms. The van der Waals surface area contributed by atoms with Crippen LogP contribution in [0.2, 0.25) is 0 Å². The molecule has 0 radical (unpaired) electrons. The maximum atomic E-state index is 6.51. The van der Waals surface area contributed by atoms with Crippen molar-refractivity contribution in [1.82, 2.24) is 0 Å². The van der Waals surface area contributed by atoms with Crippen LogP contribution in [0.1, 0.15) is 64.9 Å². The summed E-state index contributed by atoms with van der Waals surface area (Å²) in [5.74, 6) is 3.96. The van der Waals surface area contributed by atoms with Crippen LogP contribution >= 0.6 is 0 Å². The Bertz CT molecular complexity index is 565. The van der Waals surface area contributed by atoms with Crippen molar-refractivity contribution >= 4 is 0 Å². The van der Waals surface area contributed by atoms with Crippen LogP contribution in [0.25, 0.3) is 0 Å². The minimum absolute atomic E-state index is 0.176. The van der Waals surface area contributed by atoms with Gasteiger partial charge in [-0.1, -0.05) is 12.1 Å². The molecule has 4 saturated carbocycles. The van der Waals surface area contributed by atoms with E-state index in [9.17, 15) is 0 Å². The zero-order valence-corrected chi connectivity index (χ0v) is 15.6. The monoisotopic (exact) mass is 327 g/mol. The SMILES string of the molecule is CC(Oc1cccc(CC(C)(C)N)c1)C12CC3CC(CC(C3)C1)C2. The maximum absolute atomic E-state index is 6.51. The van der Waals surface area contributed by atoms with Gasteiger partial charge in [0.2, 0.25) is 0 Å². The molecule has 1 atom stereocenters. The normalized spacial score (nSPS) is 35.9. The van der Waals surface area contributed by atoms with Gasteiger partial charge in [0, 0.05) is 11.0 Å². The van der Waals surface area contributed by atoms with E-state index in [2.05, 4.69) is 45.0 Å². The lowest BCUT2D eigenvalue weighted by Gasteiger charge is -2.58. The second-order valence-electron chi connectivity index (χ2n) is 9.85. The Hall–Kier alpha value is -1.02. The summed E-state index contributed by atoms with van der Waals surface area (Å²) in [7, 11) is 0. The van der Waals surface area contributed by atoms with Gasteiger partial charge in [-0.2, -0.15) is 0 Å². The highest BCUT2D eigenvalue weighted by atomic mass is 16.5. The van der Waals surface area contributed by atoms with Crippen molar-refractivity contribution in [1.29, 1.82) is 0 Å². The standard InChI is InChI=1S/C22H33NO/c1-15(22-12-17-7-18(13-22)9-19(8-17)14-22)24-20-6-4-5-16(10-20)11-21(2,3)23/h4-6,10,15,17-19H,7-9,11-14,23H2,1-3H3. The molecule has 4 aliphatic carbocycles. The van der Waals surface area contributed by atoms with Gasteiger partial charge in [-0.25, -0.2) is 0 Å². The van der Waals surface area contributed by atoms with Crippen molar-refractivity contribution in [3.63, 3.8) is 0 Å². The molecule has 1 unspecified atom stereocenters. The first-order chi connectivity index (χ1) is 11.3. The number of rotatable bonds is 5. The van der Waals surface area contributed by atoms with Gasteiger partial charge in [0.25, 0.3) is 0 Å². The molecule has 0 spiro atoms. The second-order valence-corrected chi connectivity index (χ2v) is 9.85. The van der Waals surface area contributed by atoms with Crippen molar-refractivity contribution < 1.29 is 4.74 Å². The van der Waals surface area contributed by atoms with Gasteiger partial charge in [0.15, 0.2) is 0 Å². The highest BCUT2D eigenvalue weighted by Gasteiger charge is 2.53. The highest BCUT2D eigenvalue weighted by Crippen LogP contribution is 2.61. The molecular weight excluding hydrogens is 294 g/mol. The van der Waals surface area contributed by atoms with Crippen LogP contribution in [0.5, 0.6) is 5.75 Å². The second kappa shape index (κ2) is 5.76. The Balaban J connectivity index is 1.48. The lowest BCUT2D eigenvalue weighted by molar-refractivity contribution is -0.105. The molecule has 24 heavy (non-hydrogen) atoms. The van der Waals surface area contributed by atoms with Gasteiger partial charge in [-0.3, -0.25) is 0 Å². The van der Waals surface area contributed by atoms with Crippen LogP contribution in [-0.2, 0) is 6.42 Å². The van der Waals surface area contributed by atoms with Crippen LogP contribution < -0.4 is 10.5 Å². The summed E-state index contributed by atoms with van der Waals surface area (Å²) in [4.78, 5) is 0. The first kappa shape index (κ1) is 16.4. The van der Waals surface area contributed by atoms with Crippen molar-refractivity contribution in [2.24, 2.45) is 28.9 Å². The van der Waals surface area contributed by atoms with Crippen molar-refractivity contribution in [3.8, 4) is 5.75 Å². The molecule has 0 saturated heterocycles. The summed E-state index contributed by atoms with van der Waals surface area (Å²) in [6, 6.07) is 8.59. The number of ether oxygens (including phenoxy) is 1. The van der Waals surface area contributed by atoms with E-state index in [0.29, 0.717) is 11.5 Å². The third kappa shape index (κ3) is 3.22. The van der Waals surface area contributed by atoms with Gasteiger partial charge in [-0.15, -0.1) is 0 Å². The van der Waals surface area contributed by atoms with Gasteiger partial charge in [-0.05, 0) is 101 Å². The average Bonchev–Trinajstić information content (AvgIpc) is 2.44. The molecule has 2 nitrogen and oxygen atoms in total. The number of benzene rings is 1. The molecule has 0 heterocycles. The number of nitrogens with two attached hydrogens (primary N) is 1. The molecule has 1 aromatic carbocycles. The Morgan fingerprint density at radius 3 is 2.25 bits per heavy atom. The van der Waals surface area contributed by atoms with Gasteiger partial charge < -0.3 is 10.5 Å². The van der Waals surface area contributed by atoms with Gasteiger partial charge >= 0.3 is 0 Å². The smallest absolute Gasteiger partial charge is 0.120 e. The zero-order chi connectivity index (χ0) is 16.9. The maximum Gasteiger partial charge on any atom is 0.120 e. The Morgan fingerprint density at radius 2 is 1.71 bits per heavy atom. The zero-order valence-electron chi connectivity index (χ0n) is 15.6. The van der Waals surface area contributed by atoms with Crippen molar-refractivity contribution in [3.05, 3.63) is 29.8 Å². The van der Waals surface area contributed by atoms with E-state index in [0.717, 1.165) is 29.9 Å². The van der Waals surface area contributed by atoms with E-state index in [1.807, 2.05) is 0 Å². The predicted octanol–water partition coefficient (Wildman–Crippen LogP) is 4.95. The molecular formula is C22H33NO. The Kier molecular flexibility index (Phi) is 3.95. The fraction of sp³-hybridized carbons (Fsp3) is 0.727. The summed E-state index contributed by atoms with van der Waals surface area (Å²) in [5.41, 5.74) is 7.72. The predicted molar refractivity (Wildman–Crippen MR) is 99.1 cm³/mol. The van der Waals surface area contributed by atoms with Crippen LogP contribution in [0.4, 0.5) is 0 Å². The van der Waals surface area contributed by atoms with Crippen molar-refractivity contribution in [2.45, 2.75) is 77.4 Å². The first-order valence-electron chi connectivity index (χ1n) is 9.86. The summed E-state index contributed by atoms with van der Waals surface area (Å²) in [6.45, 7) is 6.49. The minimum atomic E-state index is -0.176. The van der Waals surface area contributed by atoms with Crippen LogP contribution in [0.15, 0.2) is 24.3 Å². The van der Waals surface area contributed by atoms with Crippen LogP contribution in [-0.4, -0.2) is 11.6 Å². The molecule has 132 valence electrons. The highest BCUT2D eigenvalue weighted by molar-refractivity contribution is 5.30. The Morgan fingerprint density at radius 1 is 1.12 bits per heavy atom. The van der Waals surface area contributed by atoms with Gasteiger partial charge in [0.1, 0.15) is 11.9 Å². The van der Waals surface area contributed by atoms with E-state index in [1.165, 1.54) is 44.1 Å². The molecule has 4 aliphatic rings. The topological polar surface area (TPSA) is 35.2 Å². The molecule has 0 aliphatic heterocycles. The third-order valence-electron chi connectivity index (χ3n) is 6.82.